The number of hydrogen-bond donors (Lipinski definition) is 2. The number of rotatable bonds is 1. The third-order valence-electron chi connectivity index (χ3n) is 1.83. The first-order valence-electron chi connectivity index (χ1n) is 3.15. The maximum absolute atomic E-state index is 10.9. The summed E-state index contributed by atoms with van der Waals surface area (Å²) in [5.74, 6) is -1.08. The third-order valence-corrected chi connectivity index (χ3v) is 3.61. The number of nitrogens with two attached hydrogens (primary N) is 2. The Kier molecular flexibility index (Phi) is 1.68. The van der Waals surface area contributed by atoms with Gasteiger partial charge in [-0.2, -0.15) is 0 Å². The normalized spacial score (nSPS) is 35.4. The predicted octanol–water partition coefficient (Wildman–Crippen LogP) is -2.01. The van der Waals surface area contributed by atoms with Gasteiger partial charge in [0.05, 0.1) is 11.5 Å². The molecule has 0 saturated carbocycles. The highest BCUT2D eigenvalue weighted by Crippen LogP contribution is 2.19. The Morgan fingerprint density at radius 2 is 2.00 bits per heavy atom. The Morgan fingerprint density at radius 1 is 1.45 bits per heavy atom. The highest BCUT2D eigenvalue weighted by molar-refractivity contribution is 7.91. The van der Waals surface area contributed by atoms with Crippen LogP contribution in [0.3, 0.4) is 0 Å². The zero-order valence-electron chi connectivity index (χ0n) is 5.91. The van der Waals surface area contributed by atoms with Crippen LogP contribution in [0.4, 0.5) is 0 Å². The summed E-state index contributed by atoms with van der Waals surface area (Å²) in [7, 11) is -3.12. The van der Waals surface area contributed by atoms with Crippen LogP contribution in [0.5, 0.6) is 0 Å². The van der Waals surface area contributed by atoms with E-state index >= 15 is 0 Å². The Labute approximate surface area is 64.7 Å². The van der Waals surface area contributed by atoms with Gasteiger partial charge in [-0.1, -0.05) is 0 Å². The van der Waals surface area contributed by atoms with Gasteiger partial charge in [0.2, 0.25) is 5.91 Å². The maximum Gasteiger partial charge on any atom is 0.238 e. The van der Waals surface area contributed by atoms with Crippen LogP contribution in [0.2, 0.25) is 0 Å². The van der Waals surface area contributed by atoms with Crippen molar-refractivity contribution < 1.29 is 13.2 Å². The molecule has 0 aromatic rings. The molecular formula is C5H10N2O3S. The Balaban J connectivity index is 2.90. The van der Waals surface area contributed by atoms with Crippen molar-refractivity contribution in [3.05, 3.63) is 0 Å². The minimum atomic E-state index is -3.12. The van der Waals surface area contributed by atoms with Crippen molar-refractivity contribution in [2.75, 3.05) is 11.5 Å². The van der Waals surface area contributed by atoms with E-state index in [1.54, 1.807) is 0 Å². The number of hydrogen-bond acceptors (Lipinski definition) is 4. The van der Waals surface area contributed by atoms with E-state index in [0.29, 0.717) is 0 Å². The molecule has 5 nitrogen and oxygen atoms in total. The largest absolute Gasteiger partial charge is 0.368 e. The van der Waals surface area contributed by atoms with Crippen LogP contribution >= 0.6 is 0 Å². The molecule has 0 aromatic heterocycles. The quantitative estimate of drug-likeness (QED) is 0.484. The molecule has 1 atom stereocenters. The first-order chi connectivity index (χ1) is 4.86. The highest BCUT2D eigenvalue weighted by Gasteiger charge is 2.43. The molecule has 1 unspecified atom stereocenters. The highest BCUT2D eigenvalue weighted by atomic mass is 32.2. The minimum absolute atomic E-state index is 0.0353. The summed E-state index contributed by atoms with van der Waals surface area (Å²) in [6.45, 7) is 0. The lowest BCUT2D eigenvalue weighted by Gasteiger charge is -2.15. The number of primary amides is 1. The summed E-state index contributed by atoms with van der Waals surface area (Å²) in [5.41, 5.74) is 9.03. The molecule has 4 N–H and O–H groups in total. The van der Waals surface area contributed by atoms with Gasteiger partial charge in [0.15, 0.2) is 9.84 Å². The molecule has 1 heterocycles. The molecule has 1 fully saturated rings. The van der Waals surface area contributed by atoms with E-state index in [9.17, 15) is 13.2 Å². The van der Waals surface area contributed by atoms with Gasteiger partial charge in [0.1, 0.15) is 5.54 Å². The molecule has 0 spiro atoms. The van der Waals surface area contributed by atoms with E-state index in [-0.39, 0.29) is 17.9 Å². The molecule has 0 bridgehead atoms. The van der Waals surface area contributed by atoms with Crippen molar-refractivity contribution in [1.29, 1.82) is 0 Å². The van der Waals surface area contributed by atoms with E-state index in [2.05, 4.69) is 0 Å². The molecule has 1 amide bonds. The van der Waals surface area contributed by atoms with Gasteiger partial charge >= 0.3 is 0 Å². The molecule has 1 rings (SSSR count). The Hall–Kier alpha value is -0.620. The maximum atomic E-state index is 10.9. The summed E-state index contributed by atoms with van der Waals surface area (Å²) in [6.07, 6.45) is 0.144. The molecule has 0 aromatic carbocycles. The van der Waals surface area contributed by atoms with Gasteiger partial charge in [-0.15, -0.1) is 0 Å². The second-order valence-corrected chi connectivity index (χ2v) is 5.05. The van der Waals surface area contributed by atoms with Crippen LogP contribution in [0.15, 0.2) is 0 Å². The second kappa shape index (κ2) is 2.18. The second-order valence-electron chi connectivity index (χ2n) is 2.86. The van der Waals surface area contributed by atoms with Crippen molar-refractivity contribution in [3.8, 4) is 0 Å². The Bertz CT molecular complexity index is 284. The van der Waals surface area contributed by atoms with Crippen LogP contribution in [-0.4, -0.2) is 31.4 Å². The summed E-state index contributed by atoms with van der Waals surface area (Å²) >= 11 is 0. The molecule has 11 heavy (non-hydrogen) atoms. The lowest BCUT2D eigenvalue weighted by Crippen LogP contribution is -2.52. The van der Waals surface area contributed by atoms with Crippen LogP contribution in [0.1, 0.15) is 6.42 Å². The van der Waals surface area contributed by atoms with E-state index in [1.165, 1.54) is 0 Å². The third kappa shape index (κ3) is 1.51. The molecule has 64 valence electrons. The number of carbonyl (C=O) groups is 1. The van der Waals surface area contributed by atoms with Crippen molar-refractivity contribution in [1.82, 2.24) is 0 Å². The first-order valence-corrected chi connectivity index (χ1v) is 4.97. The van der Waals surface area contributed by atoms with Crippen molar-refractivity contribution in [2.24, 2.45) is 11.5 Å². The van der Waals surface area contributed by atoms with Gasteiger partial charge in [-0.05, 0) is 6.42 Å². The molecule has 1 aliphatic rings. The average Bonchev–Trinajstić information content (AvgIpc) is 2.08. The lowest BCUT2D eigenvalue weighted by atomic mass is 10.0. The molecule has 0 aliphatic carbocycles. The fraction of sp³-hybridized carbons (Fsp3) is 0.800. The van der Waals surface area contributed by atoms with E-state index < -0.39 is 21.3 Å². The van der Waals surface area contributed by atoms with Crippen molar-refractivity contribution >= 4 is 15.7 Å². The van der Waals surface area contributed by atoms with E-state index in [0.717, 1.165) is 0 Å². The summed E-state index contributed by atoms with van der Waals surface area (Å²) < 4.78 is 21.7. The van der Waals surface area contributed by atoms with Gasteiger partial charge in [0.25, 0.3) is 0 Å². The Morgan fingerprint density at radius 3 is 2.18 bits per heavy atom. The van der Waals surface area contributed by atoms with Crippen LogP contribution in [0.25, 0.3) is 0 Å². The SMILES string of the molecule is NC(=O)C1(N)CCS(=O)(=O)C1. The summed E-state index contributed by atoms with van der Waals surface area (Å²) in [6, 6.07) is 0. The van der Waals surface area contributed by atoms with Crippen molar-refractivity contribution in [3.63, 3.8) is 0 Å². The van der Waals surface area contributed by atoms with Gasteiger partial charge in [-0.25, -0.2) is 8.42 Å². The smallest absolute Gasteiger partial charge is 0.238 e. The number of sulfone groups is 1. The first kappa shape index (κ1) is 8.48. The molecule has 1 saturated heterocycles. The van der Waals surface area contributed by atoms with Crippen molar-refractivity contribution in [2.45, 2.75) is 12.0 Å². The number of carbonyl (C=O) groups excluding carboxylic acids is 1. The van der Waals surface area contributed by atoms with E-state index in [1.807, 2.05) is 0 Å². The monoisotopic (exact) mass is 178 g/mol. The topological polar surface area (TPSA) is 103 Å². The van der Waals surface area contributed by atoms with Gasteiger partial charge in [-0.3, -0.25) is 4.79 Å². The standard InChI is InChI=1S/C5H10N2O3S/c6-4(8)5(7)1-2-11(9,10)3-5/h1-3,7H2,(H2,6,8). The molecular weight excluding hydrogens is 168 g/mol. The average molecular weight is 178 g/mol. The fourth-order valence-corrected chi connectivity index (χ4v) is 2.96. The van der Waals surface area contributed by atoms with Crippen LogP contribution < -0.4 is 11.5 Å². The zero-order chi connectivity index (χ0) is 8.70. The summed E-state index contributed by atoms with van der Waals surface area (Å²) in [5, 5.41) is 0. The minimum Gasteiger partial charge on any atom is -0.368 e. The lowest BCUT2D eigenvalue weighted by molar-refractivity contribution is -0.122. The van der Waals surface area contributed by atoms with E-state index in [4.69, 9.17) is 11.5 Å². The molecule has 0 radical (unpaired) electrons. The van der Waals surface area contributed by atoms with Crippen LogP contribution in [0, 0.1) is 0 Å². The number of amides is 1. The van der Waals surface area contributed by atoms with Crippen LogP contribution in [-0.2, 0) is 14.6 Å². The molecule has 6 heteroatoms. The fourth-order valence-electron chi connectivity index (χ4n) is 1.07. The predicted molar refractivity (Wildman–Crippen MR) is 39.4 cm³/mol. The zero-order valence-corrected chi connectivity index (χ0v) is 6.73. The molecule has 1 aliphatic heterocycles. The van der Waals surface area contributed by atoms with Gasteiger partial charge in [0, 0.05) is 0 Å². The summed E-state index contributed by atoms with van der Waals surface area (Å²) in [4.78, 5) is 10.6. The van der Waals surface area contributed by atoms with Gasteiger partial charge < -0.3 is 11.5 Å².